The fraction of sp³-hybridized carbons (Fsp3) is 0.364. The van der Waals surface area contributed by atoms with Crippen LogP contribution in [0.25, 0.3) is 0 Å². The highest BCUT2D eigenvalue weighted by Crippen LogP contribution is 2.22. The Balaban J connectivity index is 3.05. The number of hydrogen-bond donors (Lipinski definition) is 1. The molecule has 0 bridgehead atoms. The van der Waals surface area contributed by atoms with Crippen LogP contribution in [0.5, 0.6) is 5.75 Å². The number of phenols is 1. The van der Waals surface area contributed by atoms with E-state index in [2.05, 4.69) is 0 Å². The topological polar surface area (TPSA) is 46.5 Å². The summed E-state index contributed by atoms with van der Waals surface area (Å²) in [4.78, 5) is 11.4. The quantitative estimate of drug-likeness (QED) is 0.754. The number of rotatable bonds is 1. The summed E-state index contributed by atoms with van der Waals surface area (Å²) in [5.41, 5.74) is -1.33. The number of ether oxygens (including phenoxy) is 1. The van der Waals surface area contributed by atoms with Crippen LogP contribution in [0, 0.1) is 11.6 Å². The summed E-state index contributed by atoms with van der Waals surface area (Å²) < 4.78 is 31.0. The largest absolute Gasteiger partial charge is 0.505 e. The summed E-state index contributed by atoms with van der Waals surface area (Å²) in [6.07, 6.45) is 0. The predicted molar refractivity (Wildman–Crippen MR) is 53.2 cm³/mol. The Morgan fingerprint density at radius 1 is 1.25 bits per heavy atom. The lowest BCUT2D eigenvalue weighted by molar-refractivity contribution is 0.00641. The maximum atomic E-state index is 13.2. The third-order valence-electron chi connectivity index (χ3n) is 1.66. The zero-order valence-corrected chi connectivity index (χ0v) is 9.17. The number of aromatic hydroxyl groups is 1. The van der Waals surface area contributed by atoms with Crippen LogP contribution < -0.4 is 0 Å². The predicted octanol–water partition coefficient (Wildman–Crippen LogP) is 2.63. The minimum absolute atomic E-state index is 0.536. The number of phenolic OH excluding ortho intramolecular Hbond substituents is 1. The van der Waals surface area contributed by atoms with Crippen molar-refractivity contribution in [2.45, 2.75) is 26.4 Å². The molecule has 0 aliphatic carbocycles. The summed E-state index contributed by atoms with van der Waals surface area (Å²) in [6.45, 7) is 4.83. The van der Waals surface area contributed by atoms with Gasteiger partial charge in [0.25, 0.3) is 0 Å². The summed E-state index contributed by atoms with van der Waals surface area (Å²) in [5, 5.41) is 8.87. The molecule has 5 heteroatoms. The Bertz CT molecular complexity index is 422. The van der Waals surface area contributed by atoms with E-state index in [1.165, 1.54) is 0 Å². The first-order chi connectivity index (χ1) is 7.20. The summed E-state index contributed by atoms with van der Waals surface area (Å²) in [5.74, 6) is -3.90. The van der Waals surface area contributed by atoms with Gasteiger partial charge in [-0.25, -0.2) is 13.6 Å². The van der Waals surface area contributed by atoms with Crippen molar-refractivity contribution >= 4 is 5.97 Å². The van der Waals surface area contributed by atoms with Crippen molar-refractivity contribution in [2.75, 3.05) is 0 Å². The molecule has 0 unspecified atom stereocenters. The summed E-state index contributed by atoms with van der Waals surface area (Å²) in [6, 6.07) is 1.15. The Hall–Kier alpha value is -1.65. The molecule has 0 fully saturated rings. The normalized spacial score (nSPS) is 11.3. The molecular weight excluding hydrogens is 218 g/mol. The van der Waals surface area contributed by atoms with Crippen LogP contribution in [0.4, 0.5) is 8.78 Å². The van der Waals surface area contributed by atoms with Gasteiger partial charge >= 0.3 is 5.97 Å². The molecule has 1 aromatic rings. The highest BCUT2D eigenvalue weighted by Gasteiger charge is 2.22. The Kier molecular flexibility index (Phi) is 3.16. The summed E-state index contributed by atoms with van der Waals surface area (Å²) >= 11 is 0. The van der Waals surface area contributed by atoms with Gasteiger partial charge in [0.2, 0.25) is 0 Å². The van der Waals surface area contributed by atoms with Crippen molar-refractivity contribution < 1.29 is 23.4 Å². The van der Waals surface area contributed by atoms with E-state index < -0.39 is 34.5 Å². The van der Waals surface area contributed by atoms with Crippen LogP contribution in [-0.2, 0) is 4.74 Å². The van der Waals surface area contributed by atoms with Gasteiger partial charge in [-0.3, -0.25) is 0 Å². The zero-order valence-electron chi connectivity index (χ0n) is 9.17. The van der Waals surface area contributed by atoms with Gasteiger partial charge in [-0.05, 0) is 26.8 Å². The highest BCUT2D eigenvalue weighted by atomic mass is 19.1. The molecule has 0 saturated heterocycles. The fourth-order valence-electron chi connectivity index (χ4n) is 1.03. The van der Waals surface area contributed by atoms with E-state index in [9.17, 15) is 13.6 Å². The number of esters is 1. The van der Waals surface area contributed by atoms with Gasteiger partial charge < -0.3 is 9.84 Å². The Morgan fingerprint density at radius 3 is 2.31 bits per heavy atom. The van der Waals surface area contributed by atoms with Crippen molar-refractivity contribution in [2.24, 2.45) is 0 Å². The highest BCUT2D eigenvalue weighted by molar-refractivity contribution is 5.90. The minimum atomic E-state index is -1.07. The van der Waals surface area contributed by atoms with E-state index >= 15 is 0 Å². The molecule has 3 nitrogen and oxygen atoms in total. The SMILES string of the molecule is CC(C)(C)OC(=O)c1cc(F)c(O)cc1F. The van der Waals surface area contributed by atoms with Crippen LogP contribution in [-0.4, -0.2) is 16.7 Å². The second kappa shape index (κ2) is 4.08. The average Bonchev–Trinajstić information content (AvgIpc) is 2.08. The molecule has 16 heavy (non-hydrogen) atoms. The van der Waals surface area contributed by atoms with Gasteiger partial charge in [0, 0.05) is 6.07 Å². The Labute approximate surface area is 91.7 Å². The number of carbonyl (C=O) groups excluding carboxylic acids is 1. The maximum absolute atomic E-state index is 13.2. The van der Waals surface area contributed by atoms with E-state index in [0.29, 0.717) is 12.1 Å². The first kappa shape index (κ1) is 12.4. The van der Waals surface area contributed by atoms with Crippen LogP contribution in [0.15, 0.2) is 12.1 Å². The van der Waals surface area contributed by atoms with Gasteiger partial charge in [0.05, 0.1) is 5.56 Å². The van der Waals surface area contributed by atoms with Gasteiger partial charge in [0.15, 0.2) is 11.6 Å². The second-order valence-corrected chi connectivity index (χ2v) is 4.29. The molecule has 0 aromatic heterocycles. The lowest BCUT2D eigenvalue weighted by atomic mass is 10.1. The molecule has 0 atom stereocenters. The molecule has 0 aliphatic heterocycles. The van der Waals surface area contributed by atoms with E-state index in [1.54, 1.807) is 20.8 Å². The monoisotopic (exact) mass is 230 g/mol. The van der Waals surface area contributed by atoms with Crippen molar-refractivity contribution in [1.29, 1.82) is 0 Å². The Morgan fingerprint density at radius 2 is 1.81 bits per heavy atom. The molecule has 1 N–H and O–H groups in total. The zero-order chi connectivity index (χ0) is 12.5. The molecule has 0 aliphatic rings. The van der Waals surface area contributed by atoms with Gasteiger partial charge in [-0.1, -0.05) is 0 Å². The molecular formula is C11H12F2O3. The van der Waals surface area contributed by atoms with E-state index in [4.69, 9.17) is 9.84 Å². The second-order valence-electron chi connectivity index (χ2n) is 4.29. The minimum Gasteiger partial charge on any atom is -0.505 e. The molecule has 0 saturated carbocycles. The van der Waals surface area contributed by atoms with E-state index in [1.807, 2.05) is 0 Å². The van der Waals surface area contributed by atoms with Gasteiger partial charge in [0.1, 0.15) is 11.4 Å². The molecule has 1 rings (SSSR count). The first-order valence-electron chi connectivity index (χ1n) is 4.62. The number of benzene rings is 1. The smallest absolute Gasteiger partial charge is 0.341 e. The third kappa shape index (κ3) is 2.92. The van der Waals surface area contributed by atoms with Crippen molar-refractivity contribution in [3.05, 3.63) is 29.3 Å². The molecule has 0 spiro atoms. The molecule has 1 aromatic carbocycles. The molecule has 0 radical (unpaired) electrons. The number of carbonyl (C=O) groups is 1. The standard InChI is InChI=1S/C11H12F2O3/c1-11(2,3)16-10(15)6-4-8(13)9(14)5-7(6)12/h4-5,14H,1-3H3. The lowest BCUT2D eigenvalue weighted by Gasteiger charge is -2.19. The molecule has 88 valence electrons. The van der Waals surface area contributed by atoms with Gasteiger partial charge in [-0.2, -0.15) is 0 Å². The number of hydrogen-bond acceptors (Lipinski definition) is 3. The van der Waals surface area contributed by atoms with Crippen LogP contribution in [0.2, 0.25) is 0 Å². The van der Waals surface area contributed by atoms with Crippen molar-refractivity contribution in [3.8, 4) is 5.75 Å². The van der Waals surface area contributed by atoms with E-state index in [-0.39, 0.29) is 0 Å². The molecule has 0 heterocycles. The van der Waals surface area contributed by atoms with Crippen LogP contribution in [0.3, 0.4) is 0 Å². The fourth-order valence-corrected chi connectivity index (χ4v) is 1.03. The average molecular weight is 230 g/mol. The van der Waals surface area contributed by atoms with Crippen molar-refractivity contribution in [1.82, 2.24) is 0 Å². The summed E-state index contributed by atoms with van der Waals surface area (Å²) in [7, 11) is 0. The number of halogens is 2. The molecule has 0 amide bonds. The van der Waals surface area contributed by atoms with E-state index in [0.717, 1.165) is 0 Å². The first-order valence-corrected chi connectivity index (χ1v) is 4.62. The van der Waals surface area contributed by atoms with Crippen LogP contribution in [0.1, 0.15) is 31.1 Å². The van der Waals surface area contributed by atoms with Crippen molar-refractivity contribution in [3.63, 3.8) is 0 Å². The maximum Gasteiger partial charge on any atom is 0.341 e. The third-order valence-corrected chi connectivity index (χ3v) is 1.66. The van der Waals surface area contributed by atoms with Crippen LogP contribution >= 0.6 is 0 Å². The van der Waals surface area contributed by atoms with Gasteiger partial charge in [-0.15, -0.1) is 0 Å². The lowest BCUT2D eigenvalue weighted by Crippen LogP contribution is -2.24.